The lowest BCUT2D eigenvalue weighted by atomic mass is 10.2. The van der Waals surface area contributed by atoms with Crippen LogP contribution in [0.25, 0.3) is 11.0 Å². The number of carbonyl (C=O) groups is 1. The van der Waals surface area contributed by atoms with Crippen LogP contribution in [0.5, 0.6) is 0 Å². The van der Waals surface area contributed by atoms with Crippen molar-refractivity contribution in [2.75, 3.05) is 40.5 Å². The van der Waals surface area contributed by atoms with Crippen LogP contribution in [-0.2, 0) is 9.47 Å². The first-order valence-electron chi connectivity index (χ1n) is 6.52. The highest BCUT2D eigenvalue weighted by Crippen LogP contribution is 2.20. The first-order chi connectivity index (χ1) is 9.76. The fourth-order valence-electron chi connectivity index (χ4n) is 1.96. The number of furan rings is 1. The van der Waals surface area contributed by atoms with E-state index in [1.807, 2.05) is 24.3 Å². The van der Waals surface area contributed by atoms with E-state index in [1.54, 1.807) is 25.2 Å². The minimum absolute atomic E-state index is 0.143. The summed E-state index contributed by atoms with van der Waals surface area (Å²) in [6.45, 7) is 1.98. The van der Waals surface area contributed by atoms with Gasteiger partial charge in [0.2, 0.25) is 0 Å². The molecule has 0 bridgehead atoms. The Hall–Kier alpha value is -1.85. The molecule has 1 heterocycles. The molecule has 1 aromatic heterocycles. The molecular weight excluding hydrogens is 258 g/mol. The number of amides is 1. The topological polar surface area (TPSA) is 51.9 Å². The normalized spacial score (nSPS) is 10.9. The molecule has 2 aromatic rings. The van der Waals surface area contributed by atoms with Gasteiger partial charge in [-0.2, -0.15) is 0 Å². The Morgan fingerprint density at radius 1 is 1.15 bits per heavy atom. The Morgan fingerprint density at radius 3 is 2.40 bits per heavy atom. The number of methoxy groups -OCH3 is 2. The average Bonchev–Trinajstić information content (AvgIpc) is 2.90. The molecule has 0 spiro atoms. The molecule has 0 N–H and O–H groups in total. The standard InChI is InChI=1S/C15H19NO4/c1-18-9-7-16(8-10-19-2)15(17)14-11-12-5-3-4-6-13(12)20-14/h3-6,11H,7-10H2,1-2H3. The van der Waals surface area contributed by atoms with Crippen LogP contribution in [0.4, 0.5) is 0 Å². The zero-order valence-electron chi connectivity index (χ0n) is 11.8. The van der Waals surface area contributed by atoms with Crippen molar-refractivity contribution >= 4 is 16.9 Å². The predicted molar refractivity (Wildman–Crippen MR) is 75.9 cm³/mol. The number of hydrogen-bond acceptors (Lipinski definition) is 4. The van der Waals surface area contributed by atoms with E-state index in [-0.39, 0.29) is 5.91 Å². The molecule has 0 fully saturated rings. The van der Waals surface area contributed by atoms with Crippen LogP contribution in [0.3, 0.4) is 0 Å². The molecule has 0 radical (unpaired) electrons. The van der Waals surface area contributed by atoms with Gasteiger partial charge in [0.15, 0.2) is 5.76 Å². The maximum Gasteiger partial charge on any atom is 0.289 e. The zero-order valence-corrected chi connectivity index (χ0v) is 11.8. The lowest BCUT2D eigenvalue weighted by molar-refractivity contribution is 0.0600. The summed E-state index contributed by atoms with van der Waals surface area (Å²) in [6, 6.07) is 9.34. The number of nitrogens with zero attached hydrogens (tertiary/aromatic N) is 1. The van der Waals surface area contributed by atoms with Crippen LogP contribution in [0, 0.1) is 0 Å². The lowest BCUT2D eigenvalue weighted by Gasteiger charge is -2.20. The second-order valence-corrected chi connectivity index (χ2v) is 4.43. The summed E-state index contributed by atoms with van der Waals surface area (Å²) < 4.78 is 15.7. The Balaban J connectivity index is 2.16. The smallest absolute Gasteiger partial charge is 0.289 e. The van der Waals surface area contributed by atoms with Gasteiger partial charge in [0.05, 0.1) is 13.2 Å². The van der Waals surface area contributed by atoms with E-state index in [4.69, 9.17) is 13.9 Å². The molecule has 1 aromatic carbocycles. The molecule has 2 rings (SSSR count). The van der Waals surface area contributed by atoms with Crippen molar-refractivity contribution < 1.29 is 18.7 Å². The van der Waals surface area contributed by atoms with Gasteiger partial charge in [-0.3, -0.25) is 4.79 Å². The molecule has 5 nitrogen and oxygen atoms in total. The molecule has 1 amide bonds. The molecule has 0 atom stereocenters. The molecule has 0 aliphatic rings. The summed E-state index contributed by atoms with van der Waals surface area (Å²) >= 11 is 0. The van der Waals surface area contributed by atoms with Gasteiger partial charge in [0.25, 0.3) is 5.91 Å². The minimum atomic E-state index is -0.143. The van der Waals surface area contributed by atoms with E-state index in [2.05, 4.69) is 0 Å². The van der Waals surface area contributed by atoms with Crippen molar-refractivity contribution in [1.82, 2.24) is 4.90 Å². The number of rotatable bonds is 7. The van der Waals surface area contributed by atoms with Gasteiger partial charge < -0.3 is 18.8 Å². The summed E-state index contributed by atoms with van der Waals surface area (Å²) in [4.78, 5) is 14.1. The number of ether oxygens (including phenoxy) is 2. The molecule has 5 heteroatoms. The summed E-state index contributed by atoms with van der Waals surface area (Å²) in [6.07, 6.45) is 0. The second kappa shape index (κ2) is 7.07. The van der Waals surface area contributed by atoms with Crippen LogP contribution in [0.1, 0.15) is 10.6 Å². The monoisotopic (exact) mass is 277 g/mol. The fraction of sp³-hybridized carbons (Fsp3) is 0.400. The van der Waals surface area contributed by atoms with Gasteiger partial charge in [0.1, 0.15) is 5.58 Å². The van der Waals surface area contributed by atoms with Gasteiger partial charge in [-0.05, 0) is 12.1 Å². The number of hydrogen-bond donors (Lipinski definition) is 0. The van der Waals surface area contributed by atoms with Crippen molar-refractivity contribution in [3.8, 4) is 0 Å². The highest BCUT2D eigenvalue weighted by atomic mass is 16.5. The molecule has 0 saturated heterocycles. The van der Waals surface area contributed by atoms with Crippen LogP contribution >= 0.6 is 0 Å². The predicted octanol–water partition coefficient (Wildman–Crippen LogP) is 2.17. The highest BCUT2D eigenvalue weighted by Gasteiger charge is 2.19. The molecule has 0 aliphatic carbocycles. The summed E-state index contributed by atoms with van der Waals surface area (Å²) in [5, 5.41) is 0.925. The summed E-state index contributed by atoms with van der Waals surface area (Å²) in [5.41, 5.74) is 0.717. The molecule has 20 heavy (non-hydrogen) atoms. The van der Waals surface area contributed by atoms with Crippen LogP contribution in [0.15, 0.2) is 34.7 Å². The Morgan fingerprint density at radius 2 is 1.80 bits per heavy atom. The largest absolute Gasteiger partial charge is 0.451 e. The Kier molecular flexibility index (Phi) is 5.15. The fourth-order valence-corrected chi connectivity index (χ4v) is 1.96. The minimum Gasteiger partial charge on any atom is -0.451 e. The van der Waals surface area contributed by atoms with Gasteiger partial charge in [0, 0.05) is 32.7 Å². The Labute approximate surface area is 118 Å². The van der Waals surface area contributed by atoms with Crippen molar-refractivity contribution in [1.29, 1.82) is 0 Å². The van der Waals surface area contributed by atoms with Crippen LogP contribution < -0.4 is 0 Å². The van der Waals surface area contributed by atoms with Gasteiger partial charge >= 0.3 is 0 Å². The average molecular weight is 277 g/mol. The SMILES string of the molecule is COCCN(CCOC)C(=O)c1cc2ccccc2o1. The Bertz CT molecular complexity index is 523. The number of carbonyl (C=O) groups excluding carboxylic acids is 1. The molecular formula is C15H19NO4. The van der Waals surface area contributed by atoms with Crippen LogP contribution in [0.2, 0.25) is 0 Å². The van der Waals surface area contributed by atoms with E-state index >= 15 is 0 Å². The van der Waals surface area contributed by atoms with Crippen molar-refractivity contribution in [3.05, 3.63) is 36.1 Å². The third-order valence-electron chi connectivity index (χ3n) is 3.05. The second-order valence-electron chi connectivity index (χ2n) is 4.43. The molecule has 0 unspecified atom stereocenters. The van der Waals surface area contributed by atoms with Gasteiger partial charge in [-0.25, -0.2) is 0 Å². The van der Waals surface area contributed by atoms with Crippen molar-refractivity contribution in [2.45, 2.75) is 0 Å². The first kappa shape index (κ1) is 14.6. The summed E-state index contributed by atoms with van der Waals surface area (Å²) in [7, 11) is 3.22. The number of benzene rings is 1. The summed E-state index contributed by atoms with van der Waals surface area (Å²) in [5.74, 6) is 0.203. The zero-order chi connectivity index (χ0) is 14.4. The highest BCUT2D eigenvalue weighted by molar-refractivity contribution is 5.96. The molecule has 108 valence electrons. The third kappa shape index (κ3) is 3.37. The third-order valence-corrected chi connectivity index (χ3v) is 3.05. The number of fused-ring (bicyclic) bond motifs is 1. The van der Waals surface area contributed by atoms with Gasteiger partial charge in [-0.15, -0.1) is 0 Å². The van der Waals surface area contributed by atoms with E-state index in [0.717, 1.165) is 5.39 Å². The quantitative estimate of drug-likeness (QED) is 0.778. The van der Waals surface area contributed by atoms with E-state index < -0.39 is 0 Å². The first-order valence-corrected chi connectivity index (χ1v) is 6.52. The van der Waals surface area contributed by atoms with E-state index in [9.17, 15) is 4.79 Å². The van der Waals surface area contributed by atoms with E-state index in [0.29, 0.717) is 37.6 Å². The van der Waals surface area contributed by atoms with E-state index in [1.165, 1.54) is 0 Å². The van der Waals surface area contributed by atoms with Crippen molar-refractivity contribution in [3.63, 3.8) is 0 Å². The number of para-hydroxylation sites is 1. The van der Waals surface area contributed by atoms with Crippen molar-refractivity contribution in [2.24, 2.45) is 0 Å². The maximum atomic E-state index is 12.4. The lowest BCUT2D eigenvalue weighted by Crippen LogP contribution is -2.36. The maximum absolute atomic E-state index is 12.4. The van der Waals surface area contributed by atoms with Gasteiger partial charge in [-0.1, -0.05) is 18.2 Å². The molecule has 0 saturated carbocycles. The molecule has 0 aliphatic heterocycles. The van der Waals surface area contributed by atoms with Crippen LogP contribution in [-0.4, -0.2) is 51.3 Å².